The highest BCUT2D eigenvalue weighted by molar-refractivity contribution is 5.85. The molecule has 3 atom stereocenters. The van der Waals surface area contributed by atoms with E-state index in [4.69, 9.17) is 9.15 Å². The molecular formula is C24H24O5. The summed E-state index contributed by atoms with van der Waals surface area (Å²) in [4.78, 5) is 26.0. The molecule has 0 spiro atoms. The van der Waals surface area contributed by atoms with Gasteiger partial charge in [-0.25, -0.2) is 4.79 Å². The lowest BCUT2D eigenvalue weighted by Gasteiger charge is -2.42. The van der Waals surface area contributed by atoms with E-state index in [-0.39, 0.29) is 13.0 Å². The quantitative estimate of drug-likeness (QED) is 0.543. The molecule has 2 aromatic carbocycles. The van der Waals surface area contributed by atoms with Gasteiger partial charge >= 0.3 is 11.6 Å². The summed E-state index contributed by atoms with van der Waals surface area (Å²) in [6.07, 6.45) is 0.167. The van der Waals surface area contributed by atoms with Crippen LogP contribution in [-0.4, -0.2) is 23.3 Å². The first kappa shape index (κ1) is 19.4. The third-order valence-corrected chi connectivity index (χ3v) is 5.76. The second-order valence-corrected chi connectivity index (χ2v) is 7.93. The Labute approximate surface area is 168 Å². The van der Waals surface area contributed by atoms with Gasteiger partial charge in [-0.1, -0.05) is 42.5 Å². The van der Waals surface area contributed by atoms with Crippen molar-refractivity contribution in [3.8, 4) is 0 Å². The van der Waals surface area contributed by atoms with Gasteiger partial charge in [-0.2, -0.15) is 0 Å². The van der Waals surface area contributed by atoms with Gasteiger partial charge in [0, 0.05) is 17.7 Å². The fourth-order valence-electron chi connectivity index (χ4n) is 4.53. The van der Waals surface area contributed by atoms with Crippen LogP contribution < -0.4 is 5.63 Å². The standard InChI is InChI=1S/C24H24O5/c1-4-28-23(26)21-19(15-8-6-5-7-9-15)20-17(13-24(21,3)27)16-11-10-14(2)12-18(16)29-22(20)25/h5-12,19,21,27H,4,13H2,1-3H3. The van der Waals surface area contributed by atoms with E-state index in [0.29, 0.717) is 11.1 Å². The molecule has 1 N–H and O–H groups in total. The summed E-state index contributed by atoms with van der Waals surface area (Å²) in [6, 6.07) is 15.0. The lowest BCUT2D eigenvalue weighted by atomic mass is 9.64. The van der Waals surface area contributed by atoms with Gasteiger partial charge in [-0.15, -0.1) is 0 Å². The molecule has 29 heavy (non-hydrogen) atoms. The van der Waals surface area contributed by atoms with E-state index < -0.39 is 29.0 Å². The van der Waals surface area contributed by atoms with Crippen molar-refractivity contribution >= 4 is 16.9 Å². The maximum Gasteiger partial charge on any atom is 0.340 e. The minimum absolute atomic E-state index is 0.167. The lowest BCUT2D eigenvalue weighted by Crippen LogP contribution is -2.50. The van der Waals surface area contributed by atoms with E-state index in [1.807, 2.05) is 55.5 Å². The zero-order chi connectivity index (χ0) is 20.8. The monoisotopic (exact) mass is 392 g/mol. The second kappa shape index (κ2) is 7.16. The molecule has 0 bridgehead atoms. The van der Waals surface area contributed by atoms with Crippen LogP contribution in [0.25, 0.3) is 11.0 Å². The number of carbonyl (C=O) groups is 1. The Kier molecular flexibility index (Phi) is 4.79. The number of hydrogen-bond donors (Lipinski definition) is 1. The van der Waals surface area contributed by atoms with E-state index in [1.54, 1.807) is 13.8 Å². The normalized spacial score (nSPS) is 23.6. The fraction of sp³-hybridized carbons (Fsp3) is 0.333. The van der Waals surface area contributed by atoms with Crippen LogP contribution in [0.1, 0.15) is 42.0 Å². The van der Waals surface area contributed by atoms with Crippen molar-refractivity contribution < 1.29 is 19.1 Å². The van der Waals surface area contributed by atoms with Crippen LogP contribution in [0.2, 0.25) is 0 Å². The van der Waals surface area contributed by atoms with Crippen molar-refractivity contribution in [2.45, 2.75) is 38.7 Å². The van der Waals surface area contributed by atoms with Crippen LogP contribution in [-0.2, 0) is 16.0 Å². The predicted octanol–water partition coefficient (Wildman–Crippen LogP) is 3.72. The van der Waals surface area contributed by atoms with E-state index >= 15 is 0 Å². The van der Waals surface area contributed by atoms with E-state index in [1.165, 1.54) is 0 Å². The van der Waals surface area contributed by atoms with Crippen LogP contribution in [0.3, 0.4) is 0 Å². The van der Waals surface area contributed by atoms with Gasteiger partial charge in [0.2, 0.25) is 0 Å². The molecule has 0 aliphatic heterocycles. The Hall–Kier alpha value is -2.92. The SMILES string of the molecule is CCOC(=O)C1C(c2ccccc2)c2c(c3ccc(C)cc3oc2=O)CC1(C)O. The molecule has 3 aromatic rings. The average Bonchev–Trinajstić information content (AvgIpc) is 2.67. The van der Waals surface area contributed by atoms with Crippen LogP contribution in [0.5, 0.6) is 0 Å². The summed E-state index contributed by atoms with van der Waals surface area (Å²) in [7, 11) is 0. The van der Waals surface area contributed by atoms with E-state index in [2.05, 4.69) is 0 Å². The molecule has 1 aromatic heterocycles. The van der Waals surface area contributed by atoms with Crippen LogP contribution in [0.15, 0.2) is 57.7 Å². The van der Waals surface area contributed by atoms with Gasteiger partial charge in [-0.05, 0) is 43.5 Å². The molecular weight excluding hydrogens is 368 g/mol. The zero-order valence-corrected chi connectivity index (χ0v) is 16.8. The molecule has 150 valence electrons. The largest absolute Gasteiger partial charge is 0.466 e. The van der Waals surface area contributed by atoms with Crippen LogP contribution in [0, 0.1) is 12.8 Å². The minimum atomic E-state index is -1.38. The fourth-order valence-corrected chi connectivity index (χ4v) is 4.53. The first-order chi connectivity index (χ1) is 13.8. The third-order valence-electron chi connectivity index (χ3n) is 5.76. The number of rotatable bonds is 3. The van der Waals surface area contributed by atoms with Gasteiger partial charge in [0.1, 0.15) is 5.58 Å². The molecule has 0 saturated carbocycles. The highest BCUT2D eigenvalue weighted by Crippen LogP contribution is 2.46. The Morgan fingerprint density at radius 3 is 2.66 bits per heavy atom. The number of hydrogen-bond acceptors (Lipinski definition) is 5. The summed E-state index contributed by atoms with van der Waals surface area (Å²) in [5.74, 6) is -2.08. The second-order valence-electron chi connectivity index (χ2n) is 7.93. The molecule has 4 rings (SSSR count). The van der Waals surface area contributed by atoms with Crippen molar-refractivity contribution in [1.82, 2.24) is 0 Å². The summed E-state index contributed by atoms with van der Waals surface area (Å²) in [5, 5.41) is 12.2. The molecule has 3 unspecified atom stereocenters. The Balaban J connectivity index is 2.05. The van der Waals surface area contributed by atoms with Gasteiger partial charge < -0.3 is 14.3 Å². The third kappa shape index (κ3) is 3.25. The Bertz CT molecular complexity index is 1130. The zero-order valence-electron chi connectivity index (χ0n) is 16.8. The molecule has 0 saturated heterocycles. The predicted molar refractivity (Wildman–Crippen MR) is 110 cm³/mol. The van der Waals surface area contributed by atoms with Crippen LogP contribution >= 0.6 is 0 Å². The molecule has 1 aliphatic carbocycles. The van der Waals surface area contributed by atoms with Crippen molar-refractivity contribution in [1.29, 1.82) is 0 Å². The first-order valence-corrected chi connectivity index (χ1v) is 9.83. The number of ether oxygens (including phenoxy) is 1. The maximum absolute atomic E-state index is 13.1. The molecule has 5 heteroatoms. The summed E-state index contributed by atoms with van der Waals surface area (Å²) in [5.41, 5.74) is 1.54. The van der Waals surface area contributed by atoms with Crippen LogP contribution in [0.4, 0.5) is 0 Å². The first-order valence-electron chi connectivity index (χ1n) is 9.83. The van der Waals surface area contributed by atoms with E-state index in [9.17, 15) is 14.7 Å². The highest BCUT2D eigenvalue weighted by Gasteiger charge is 2.51. The van der Waals surface area contributed by atoms with Gasteiger partial charge in [0.05, 0.1) is 23.7 Å². The molecule has 1 aliphatic rings. The Morgan fingerprint density at radius 1 is 1.24 bits per heavy atom. The summed E-state index contributed by atoms with van der Waals surface area (Å²) >= 11 is 0. The van der Waals surface area contributed by atoms with Gasteiger partial charge in [0.15, 0.2) is 0 Å². The van der Waals surface area contributed by atoms with Crippen molar-refractivity contribution in [2.75, 3.05) is 6.61 Å². The number of aliphatic hydroxyl groups is 1. The highest BCUT2D eigenvalue weighted by atomic mass is 16.5. The smallest absolute Gasteiger partial charge is 0.340 e. The number of esters is 1. The van der Waals surface area contributed by atoms with Gasteiger partial charge in [-0.3, -0.25) is 4.79 Å². The van der Waals surface area contributed by atoms with Gasteiger partial charge in [0.25, 0.3) is 0 Å². The van der Waals surface area contributed by atoms with Crippen molar-refractivity contribution in [3.63, 3.8) is 0 Å². The average molecular weight is 392 g/mol. The van der Waals surface area contributed by atoms with Crippen molar-refractivity contribution in [2.24, 2.45) is 5.92 Å². The minimum Gasteiger partial charge on any atom is -0.466 e. The number of aryl methyl sites for hydroxylation is 1. The lowest BCUT2D eigenvalue weighted by molar-refractivity contribution is -0.159. The molecule has 5 nitrogen and oxygen atoms in total. The number of fused-ring (bicyclic) bond motifs is 3. The summed E-state index contributed by atoms with van der Waals surface area (Å²) < 4.78 is 11.0. The summed E-state index contributed by atoms with van der Waals surface area (Å²) in [6.45, 7) is 5.50. The number of benzene rings is 2. The molecule has 0 radical (unpaired) electrons. The molecule has 1 heterocycles. The number of carbonyl (C=O) groups excluding carboxylic acids is 1. The Morgan fingerprint density at radius 2 is 1.97 bits per heavy atom. The van der Waals surface area contributed by atoms with Crippen molar-refractivity contribution in [3.05, 3.63) is 81.2 Å². The molecule has 0 amide bonds. The van der Waals surface area contributed by atoms with E-state index in [0.717, 1.165) is 22.1 Å². The topological polar surface area (TPSA) is 76.7 Å². The maximum atomic E-state index is 13.1. The molecule has 0 fully saturated rings.